The van der Waals surface area contributed by atoms with Gasteiger partial charge in [-0.3, -0.25) is 14.3 Å². The van der Waals surface area contributed by atoms with E-state index in [1.54, 1.807) is 10.8 Å². The predicted molar refractivity (Wildman–Crippen MR) is 185 cm³/mol. The van der Waals surface area contributed by atoms with Crippen molar-refractivity contribution in [2.75, 3.05) is 36.9 Å². The number of urea groups is 1. The van der Waals surface area contributed by atoms with Crippen molar-refractivity contribution in [3.8, 4) is 16.9 Å². The molecule has 0 aliphatic carbocycles. The quantitative estimate of drug-likeness (QED) is 0.169. The minimum Gasteiger partial charge on any atom is -0.492 e. The molecule has 3 heterocycles. The number of carbonyl (C=O) groups is 1. The summed E-state index contributed by atoms with van der Waals surface area (Å²) in [5, 5.41) is 6.93. The Bertz CT molecular complexity index is 1660. The highest BCUT2D eigenvalue weighted by molar-refractivity contribution is 6.07. The van der Waals surface area contributed by atoms with Gasteiger partial charge in [0.2, 0.25) is 0 Å². The molecule has 1 aliphatic heterocycles. The molecule has 8 heteroatoms. The number of aryl methyl sites for hydroxylation is 1. The molecule has 2 aromatic heterocycles. The van der Waals surface area contributed by atoms with Crippen LogP contribution in [0.1, 0.15) is 83.3 Å². The molecule has 1 aliphatic rings. The van der Waals surface area contributed by atoms with Crippen molar-refractivity contribution in [3.63, 3.8) is 0 Å². The van der Waals surface area contributed by atoms with Gasteiger partial charge in [0.1, 0.15) is 23.7 Å². The minimum atomic E-state index is -0.452. The highest BCUT2D eigenvalue weighted by atomic mass is 16.5. The van der Waals surface area contributed by atoms with Gasteiger partial charge in [0, 0.05) is 35.9 Å². The highest BCUT2D eigenvalue weighted by Crippen LogP contribution is 2.36. The Morgan fingerprint density at radius 1 is 0.911 bits per heavy atom. The maximum Gasteiger partial charge on any atom is 0.323 e. The number of nitrogens with one attached hydrogen (secondary N) is 2. The molecule has 1 fully saturated rings. The number of aromatic nitrogens is 2. The molecule has 0 bridgehead atoms. The number of nitrogens with zero attached hydrogens (tertiary/aromatic N) is 3. The summed E-state index contributed by atoms with van der Waals surface area (Å²) in [6, 6.07) is 17.3. The molecule has 4 aromatic rings. The standard InChI is InChI=1S/C37H47N5O3/c1-6-7-21-42-35-31(17-12-18-38-35)32(27-13-10-14-28(24-27)45-23-22-41-19-8-9-20-41)34(36(42)43)40-37(44)39-33-29(25(2)3)15-11-16-30(33)26(4)5/h10-18,24-26H,6-9,19-23H2,1-5H3,(H2,39,40,44). The molecular weight excluding hydrogens is 562 g/mol. The summed E-state index contributed by atoms with van der Waals surface area (Å²) >= 11 is 0. The van der Waals surface area contributed by atoms with Gasteiger partial charge < -0.3 is 15.4 Å². The van der Waals surface area contributed by atoms with E-state index >= 15 is 0 Å². The summed E-state index contributed by atoms with van der Waals surface area (Å²) in [4.78, 5) is 35.2. The number of benzene rings is 2. The Morgan fingerprint density at radius 3 is 2.29 bits per heavy atom. The van der Waals surface area contributed by atoms with Gasteiger partial charge in [-0.1, -0.05) is 71.4 Å². The van der Waals surface area contributed by atoms with Crippen LogP contribution in [0.15, 0.2) is 65.6 Å². The van der Waals surface area contributed by atoms with Gasteiger partial charge in [-0.05, 0) is 85.1 Å². The molecule has 2 aromatic carbocycles. The van der Waals surface area contributed by atoms with E-state index in [0.29, 0.717) is 24.4 Å². The molecule has 2 N–H and O–H groups in total. The third-order valence-electron chi connectivity index (χ3n) is 8.60. The zero-order valence-corrected chi connectivity index (χ0v) is 27.4. The third kappa shape index (κ3) is 7.39. The summed E-state index contributed by atoms with van der Waals surface area (Å²) < 4.78 is 7.87. The van der Waals surface area contributed by atoms with Crippen molar-refractivity contribution in [2.24, 2.45) is 0 Å². The molecule has 8 nitrogen and oxygen atoms in total. The second kappa shape index (κ2) is 14.7. The van der Waals surface area contributed by atoms with Crippen LogP contribution < -0.4 is 20.9 Å². The number of hydrogen-bond donors (Lipinski definition) is 2. The lowest BCUT2D eigenvalue weighted by Crippen LogP contribution is -2.30. The largest absolute Gasteiger partial charge is 0.492 e. The normalized spacial score (nSPS) is 13.6. The number of hydrogen-bond acceptors (Lipinski definition) is 5. The Morgan fingerprint density at radius 2 is 1.60 bits per heavy atom. The maximum absolute atomic E-state index is 14.3. The highest BCUT2D eigenvalue weighted by Gasteiger charge is 2.23. The van der Waals surface area contributed by atoms with Gasteiger partial charge in [-0.15, -0.1) is 0 Å². The molecule has 238 valence electrons. The Kier molecular flexibility index (Phi) is 10.6. The van der Waals surface area contributed by atoms with Gasteiger partial charge >= 0.3 is 6.03 Å². The van der Waals surface area contributed by atoms with E-state index in [0.717, 1.165) is 66.0 Å². The summed E-state index contributed by atoms with van der Waals surface area (Å²) in [5.41, 5.74) is 4.88. The number of ether oxygens (including phenoxy) is 1. The zero-order chi connectivity index (χ0) is 31.9. The SMILES string of the molecule is CCCCn1c(=O)c(NC(=O)Nc2c(C(C)C)cccc2C(C)C)c(-c2cccc(OCCN3CCCC3)c2)c2cccnc21. The van der Waals surface area contributed by atoms with Crippen LogP contribution in [0.4, 0.5) is 16.2 Å². The lowest BCUT2D eigenvalue weighted by Gasteiger charge is -2.22. The first-order valence-corrected chi connectivity index (χ1v) is 16.5. The number of unbranched alkanes of at least 4 members (excludes halogenated alkanes) is 1. The van der Waals surface area contributed by atoms with E-state index in [1.807, 2.05) is 54.6 Å². The number of fused-ring (bicyclic) bond motifs is 1. The number of rotatable bonds is 12. The van der Waals surface area contributed by atoms with E-state index < -0.39 is 6.03 Å². The van der Waals surface area contributed by atoms with Gasteiger partial charge in [0.05, 0.1) is 0 Å². The first kappa shape index (κ1) is 32.2. The number of anilines is 2. The van der Waals surface area contributed by atoms with Gasteiger partial charge in [0.25, 0.3) is 5.56 Å². The topological polar surface area (TPSA) is 88.5 Å². The van der Waals surface area contributed by atoms with Crippen LogP contribution in [0.3, 0.4) is 0 Å². The number of amides is 2. The molecule has 2 amide bonds. The molecule has 1 saturated heterocycles. The summed E-state index contributed by atoms with van der Waals surface area (Å²) in [6.07, 6.45) is 5.93. The van der Waals surface area contributed by atoms with Crippen LogP contribution >= 0.6 is 0 Å². The van der Waals surface area contributed by atoms with Crippen molar-refractivity contribution in [3.05, 3.63) is 82.3 Å². The Labute approximate surface area is 266 Å². The summed E-state index contributed by atoms with van der Waals surface area (Å²) in [7, 11) is 0. The van der Waals surface area contributed by atoms with E-state index in [2.05, 4.69) is 55.1 Å². The van der Waals surface area contributed by atoms with Gasteiger partial charge in [-0.2, -0.15) is 0 Å². The smallest absolute Gasteiger partial charge is 0.323 e. The van der Waals surface area contributed by atoms with Crippen molar-refractivity contribution in [1.29, 1.82) is 0 Å². The predicted octanol–water partition coefficient (Wildman–Crippen LogP) is 8.23. The van der Waals surface area contributed by atoms with Crippen molar-refractivity contribution in [2.45, 2.75) is 78.7 Å². The molecule has 5 rings (SSSR count). The van der Waals surface area contributed by atoms with Crippen LogP contribution in [0.2, 0.25) is 0 Å². The molecule has 45 heavy (non-hydrogen) atoms. The number of para-hydroxylation sites is 1. The number of pyridine rings is 2. The maximum atomic E-state index is 14.3. The van der Waals surface area contributed by atoms with Crippen LogP contribution in [0.25, 0.3) is 22.2 Å². The number of carbonyl (C=O) groups excluding carboxylic acids is 1. The van der Waals surface area contributed by atoms with Crippen LogP contribution in [0, 0.1) is 0 Å². The van der Waals surface area contributed by atoms with Crippen LogP contribution in [-0.2, 0) is 6.54 Å². The molecule has 0 spiro atoms. The molecular formula is C37H47N5O3. The van der Waals surface area contributed by atoms with E-state index in [1.165, 1.54) is 12.8 Å². The first-order valence-electron chi connectivity index (χ1n) is 16.5. The van der Waals surface area contributed by atoms with Crippen molar-refractivity contribution >= 4 is 28.4 Å². The first-order chi connectivity index (χ1) is 21.8. The average molecular weight is 610 g/mol. The fourth-order valence-electron chi connectivity index (χ4n) is 6.21. The van der Waals surface area contributed by atoms with E-state index in [-0.39, 0.29) is 23.1 Å². The van der Waals surface area contributed by atoms with E-state index in [9.17, 15) is 9.59 Å². The number of likely N-dealkylation sites (tertiary alicyclic amines) is 1. The zero-order valence-electron chi connectivity index (χ0n) is 27.4. The lowest BCUT2D eigenvalue weighted by atomic mass is 9.93. The fraction of sp³-hybridized carbons (Fsp3) is 0.432. The van der Waals surface area contributed by atoms with E-state index in [4.69, 9.17) is 4.74 Å². The monoisotopic (exact) mass is 609 g/mol. The van der Waals surface area contributed by atoms with Crippen molar-refractivity contribution < 1.29 is 9.53 Å². The third-order valence-corrected chi connectivity index (χ3v) is 8.60. The lowest BCUT2D eigenvalue weighted by molar-refractivity contribution is 0.238. The minimum absolute atomic E-state index is 0.209. The molecule has 0 radical (unpaired) electrons. The average Bonchev–Trinajstić information content (AvgIpc) is 3.55. The second-order valence-corrected chi connectivity index (χ2v) is 12.6. The fourth-order valence-corrected chi connectivity index (χ4v) is 6.21. The molecule has 0 saturated carbocycles. The molecule has 0 atom stereocenters. The van der Waals surface area contributed by atoms with Crippen LogP contribution in [-0.4, -0.2) is 46.7 Å². The van der Waals surface area contributed by atoms with Crippen LogP contribution in [0.5, 0.6) is 5.75 Å². The Hall–Kier alpha value is -4.17. The summed E-state index contributed by atoms with van der Waals surface area (Å²) in [6.45, 7) is 14.8. The van der Waals surface area contributed by atoms with Gasteiger partial charge in [0.15, 0.2) is 0 Å². The summed E-state index contributed by atoms with van der Waals surface area (Å²) in [5.74, 6) is 1.14. The molecule has 0 unspecified atom stereocenters. The van der Waals surface area contributed by atoms with Crippen molar-refractivity contribution in [1.82, 2.24) is 14.5 Å². The Balaban J connectivity index is 1.57. The van der Waals surface area contributed by atoms with Gasteiger partial charge in [-0.25, -0.2) is 9.78 Å². The second-order valence-electron chi connectivity index (χ2n) is 12.6.